The van der Waals surface area contributed by atoms with Gasteiger partial charge in [0, 0.05) is 24.4 Å². The molecule has 1 fully saturated rings. The number of fused-ring (bicyclic) bond motifs is 1. The van der Waals surface area contributed by atoms with Crippen LogP contribution in [0.2, 0.25) is 0 Å². The molecule has 0 radical (unpaired) electrons. The Morgan fingerprint density at radius 3 is 2.85 bits per heavy atom. The van der Waals surface area contributed by atoms with Crippen LogP contribution in [0.1, 0.15) is 24.3 Å². The van der Waals surface area contributed by atoms with Gasteiger partial charge in [0.2, 0.25) is 5.91 Å². The van der Waals surface area contributed by atoms with E-state index in [0.29, 0.717) is 5.92 Å². The summed E-state index contributed by atoms with van der Waals surface area (Å²) >= 11 is 0. The van der Waals surface area contributed by atoms with Gasteiger partial charge in [-0.25, -0.2) is 0 Å². The molecule has 0 bridgehead atoms. The first kappa shape index (κ1) is 17.7. The van der Waals surface area contributed by atoms with E-state index in [1.54, 1.807) is 6.21 Å². The van der Waals surface area contributed by atoms with E-state index in [4.69, 9.17) is 4.74 Å². The monoisotopic (exact) mass is 363 g/mol. The summed E-state index contributed by atoms with van der Waals surface area (Å²) in [5, 5.41) is 2.89. The average molecular weight is 363 g/mol. The van der Waals surface area contributed by atoms with E-state index in [2.05, 4.69) is 22.3 Å². The first-order chi connectivity index (χ1) is 13.2. The van der Waals surface area contributed by atoms with Crippen molar-refractivity contribution in [1.29, 1.82) is 0 Å². The summed E-state index contributed by atoms with van der Waals surface area (Å²) in [7, 11) is 2.17. The number of ether oxygens (including phenoxy) is 1. The fraction of sp³-hybridized carbons (Fsp3) is 0.364. The zero-order chi connectivity index (χ0) is 18.6. The number of para-hydroxylation sites is 1. The fourth-order valence-corrected chi connectivity index (χ4v) is 3.79. The van der Waals surface area contributed by atoms with Crippen molar-refractivity contribution in [3.8, 4) is 5.75 Å². The van der Waals surface area contributed by atoms with Gasteiger partial charge in [-0.2, -0.15) is 0 Å². The number of nitrogens with one attached hydrogen (secondary N) is 1. The van der Waals surface area contributed by atoms with Crippen LogP contribution in [0.3, 0.4) is 0 Å². The molecule has 5 heteroatoms. The lowest BCUT2D eigenvalue weighted by Crippen LogP contribution is -2.34. The molecule has 2 heterocycles. The molecular weight excluding hydrogens is 338 g/mol. The van der Waals surface area contributed by atoms with Crippen molar-refractivity contribution in [1.82, 2.24) is 4.90 Å². The smallest absolute Gasteiger partial charge is 0.237 e. The molecule has 0 spiro atoms. The van der Waals surface area contributed by atoms with Crippen molar-refractivity contribution >= 4 is 23.5 Å². The number of piperidine rings is 1. The minimum absolute atomic E-state index is 0.0302. The highest BCUT2D eigenvalue weighted by atomic mass is 16.5. The highest BCUT2D eigenvalue weighted by Gasteiger charge is 2.28. The minimum Gasteiger partial charge on any atom is -0.493 e. The van der Waals surface area contributed by atoms with Crippen LogP contribution in [0, 0.1) is 5.92 Å². The van der Waals surface area contributed by atoms with Gasteiger partial charge in [0.15, 0.2) is 0 Å². The third-order valence-electron chi connectivity index (χ3n) is 5.25. The molecule has 1 N–H and O–H groups in total. The maximum absolute atomic E-state index is 12.1. The van der Waals surface area contributed by atoms with Gasteiger partial charge in [0.1, 0.15) is 11.7 Å². The number of anilines is 1. The zero-order valence-corrected chi connectivity index (χ0v) is 15.6. The van der Waals surface area contributed by atoms with Gasteiger partial charge in [0.25, 0.3) is 0 Å². The molecule has 0 aromatic heterocycles. The molecule has 2 aliphatic rings. The lowest BCUT2D eigenvalue weighted by molar-refractivity contribution is -0.115. The van der Waals surface area contributed by atoms with Gasteiger partial charge in [-0.05, 0) is 62.3 Å². The Bertz CT molecular complexity index is 832. The maximum atomic E-state index is 12.1. The second-order valence-corrected chi connectivity index (χ2v) is 7.41. The van der Waals surface area contributed by atoms with E-state index < -0.39 is 0 Å². The molecule has 0 aliphatic carbocycles. The number of rotatable bonds is 5. The summed E-state index contributed by atoms with van der Waals surface area (Å²) < 4.78 is 5.95. The first-order valence-electron chi connectivity index (χ1n) is 9.54. The van der Waals surface area contributed by atoms with E-state index in [0.717, 1.165) is 35.8 Å². The van der Waals surface area contributed by atoms with E-state index in [-0.39, 0.29) is 11.8 Å². The molecule has 27 heavy (non-hydrogen) atoms. The van der Waals surface area contributed by atoms with Crippen molar-refractivity contribution in [3.63, 3.8) is 0 Å². The standard InChI is InChI=1S/C22H25N3O2/c1-25-12-4-5-16(14-25)15-27-18-10-8-17(9-11-18)23-13-20-19-6-2-3-7-21(19)24-22(20)26/h2-3,6-11,13,16,20H,4-5,12,14-15H2,1H3,(H,24,26). The molecule has 0 saturated carbocycles. The van der Waals surface area contributed by atoms with Gasteiger partial charge in [-0.15, -0.1) is 0 Å². The Hall–Kier alpha value is -2.66. The van der Waals surface area contributed by atoms with Gasteiger partial charge in [0.05, 0.1) is 12.3 Å². The second-order valence-electron chi connectivity index (χ2n) is 7.41. The quantitative estimate of drug-likeness (QED) is 0.821. The topological polar surface area (TPSA) is 53.9 Å². The van der Waals surface area contributed by atoms with Crippen molar-refractivity contribution in [2.45, 2.75) is 18.8 Å². The van der Waals surface area contributed by atoms with E-state index in [1.807, 2.05) is 48.5 Å². The number of benzene rings is 2. The van der Waals surface area contributed by atoms with Gasteiger partial charge in [-0.3, -0.25) is 9.79 Å². The largest absolute Gasteiger partial charge is 0.493 e. The third-order valence-corrected chi connectivity index (χ3v) is 5.25. The summed E-state index contributed by atoms with van der Waals surface area (Å²) in [4.78, 5) is 19.0. The van der Waals surface area contributed by atoms with Crippen LogP contribution in [0.5, 0.6) is 5.75 Å². The molecule has 140 valence electrons. The molecule has 5 nitrogen and oxygen atoms in total. The van der Waals surface area contributed by atoms with Crippen LogP contribution >= 0.6 is 0 Å². The average Bonchev–Trinajstić information content (AvgIpc) is 3.01. The Labute approximate surface area is 160 Å². The number of nitrogens with zero attached hydrogens (tertiary/aromatic N) is 2. The normalized spacial score (nSPS) is 22.6. The second kappa shape index (κ2) is 7.92. The molecule has 2 atom stereocenters. The van der Waals surface area contributed by atoms with Crippen LogP contribution in [-0.2, 0) is 4.79 Å². The van der Waals surface area contributed by atoms with Crippen LogP contribution in [0.25, 0.3) is 0 Å². The lowest BCUT2D eigenvalue weighted by Gasteiger charge is -2.29. The number of amides is 1. The van der Waals surface area contributed by atoms with Crippen LogP contribution in [0.4, 0.5) is 11.4 Å². The minimum atomic E-state index is -0.333. The van der Waals surface area contributed by atoms with Crippen molar-refractivity contribution in [2.24, 2.45) is 10.9 Å². The third kappa shape index (κ3) is 4.19. The first-order valence-corrected chi connectivity index (χ1v) is 9.54. The molecule has 2 unspecified atom stereocenters. The summed E-state index contributed by atoms with van der Waals surface area (Å²) in [6, 6.07) is 15.5. The van der Waals surface area contributed by atoms with Gasteiger partial charge < -0.3 is 15.0 Å². The number of hydrogen-bond acceptors (Lipinski definition) is 4. The summed E-state index contributed by atoms with van der Waals surface area (Å²) in [5.41, 5.74) is 2.66. The van der Waals surface area contributed by atoms with Crippen molar-refractivity contribution in [3.05, 3.63) is 54.1 Å². The van der Waals surface area contributed by atoms with Gasteiger partial charge >= 0.3 is 0 Å². The molecule has 2 aromatic rings. The number of aliphatic imine (C=N–C) groups is 1. The number of likely N-dealkylation sites (tertiary alicyclic amines) is 1. The maximum Gasteiger partial charge on any atom is 0.237 e. The SMILES string of the molecule is CN1CCCC(COc2ccc(N=CC3C(=O)Nc4ccccc43)cc2)C1. The molecule has 2 aromatic carbocycles. The summed E-state index contributed by atoms with van der Waals surface area (Å²) in [6.45, 7) is 3.05. The molecule has 1 saturated heterocycles. The summed E-state index contributed by atoms with van der Waals surface area (Å²) in [5.74, 6) is 1.10. The predicted molar refractivity (Wildman–Crippen MR) is 108 cm³/mol. The van der Waals surface area contributed by atoms with Crippen LogP contribution in [0.15, 0.2) is 53.5 Å². The zero-order valence-electron chi connectivity index (χ0n) is 15.6. The highest BCUT2D eigenvalue weighted by Crippen LogP contribution is 2.31. The van der Waals surface area contributed by atoms with Crippen molar-refractivity contribution < 1.29 is 9.53 Å². The lowest BCUT2D eigenvalue weighted by atomic mass is 10.00. The Balaban J connectivity index is 1.35. The number of hydrogen-bond donors (Lipinski definition) is 1. The molecule has 2 aliphatic heterocycles. The van der Waals surface area contributed by atoms with E-state index in [9.17, 15) is 4.79 Å². The van der Waals surface area contributed by atoms with Gasteiger partial charge in [-0.1, -0.05) is 18.2 Å². The van der Waals surface area contributed by atoms with E-state index >= 15 is 0 Å². The molecule has 4 rings (SSSR count). The summed E-state index contributed by atoms with van der Waals surface area (Å²) in [6.07, 6.45) is 4.20. The Morgan fingerprint density at radius 1 is 1.22 bits per heavy atom. The van der Waals surface area contributed by atoms with Crippen LogP contribution in [-0.4, -0.2) is 43.8 Å². The molecular formula is C22H25N3O2. The molecule has 1 amide bonds. The Kier molecular flexibility index (Phi) is 5.21. The Morgan fingerprint density at radius 2 is 2.04 bits per heavy atom. The van der Waals surface area contributed by atoms with Crippen LogP contribution < -0.4 is 10.1 Å². The van der Waals surface area contributed by atoms with E-state index in [1.165, 1.54) is 19.4 Å². The van der Waals surface area contributed by atoms with Crippen molar-refractivity contribution in [2.75, 3.05) is 32.1 Å². The number of carbonyl (C=O) groups excluding carboxylic acids is 1. The fourth-order valence-electron chi connectivity index (χ4n) is 3.79. The number of carbonyl (C=O) groups is 1. The highest BCUT2D eigenvalue weighted by molar-refractivity contribution is 6.12. The predicted octanol–water partition coefficient (Wildman–Crippen LogP) is 3.85.